The lowest BCUT2D eigenvalue weighted by molar-refractivity contribution is 0.146. The number of hydrogen-bond donors (Lipinski definition) is 2. The van der Waals surface area contributed by atoms with Gasteiger partial charge in [-0.15, -0.1) is 0 Å². The van der Waals surface area contributed by atoms with Crippen molar-refractivity contribution in [3.8, 4) is 5.75 Å². The second kappa shape index (κ2) is 9.02. The van der Waals surface area contributed by atoms with Crippen LogP contribution in [0.4, 0.5) is 10.5 Å². The number of halogens is 1. The van der Waals surface area contributed by atoms with Crippen LogP contribution in [0.1, 0.15) is 5.56 Å². The molecule has 0 aromatic heterocycles. The monoisotopic (exact) mass is 334 g/mol. The summed E-state index contributed by atoms with van der Waals surface area (Å²) in [6.07, 6.45) is 0. The van der Waals surface area contributed by atoms with Gasteiger partial charge in [-0.1, -0.05) is 41.9 Å². The molecule has 23 heavy (non-hydrogen) atoms. The van der Waals surface area contributed by atoms with Crippen molar-refractivity contribution in [2.24, 2.45) is 0 Å². The SMILES string of the molecule is COCCOc1ccc(NC(=O)NCc2ccccc2)cc1Cl. The van der Waals surface area contributed by atoms with E-state index in [2.05, 4.69) is 10.6 Å². The highest BCUT2D eigenvalue weighted by atomic mass is 35.5. The van der Waals surface area contributed by atoms with Crippen LogP contribution in [0.25, 0.3) is 0 Å². The Morgan fingerprint density at radius 2 is 1.91 bits per heavy atom. The zero-order valence-corrected chi connectivity index (χ0v) is 13.6. The van der Waals surface area contributed by atoms with Crippen molar-refractivity contribution in [3.05, 3.63) is 59.1 Å². The summed E-state index contributed by atoms with van der Waals surface area (Å²) in [5, 5.41) is 5.95. The fourth-order valence-corrected chi connectivity index (χ4v) is 2.12. The van der Waals surface area contributed by atoms with Gasteiger partial charge >= 0.3 is 6.03 Å². The van der Waals surface area contributed by atoms with Crippen LogP contribution in [0, 0.1) is 0 Å². The van der Waals surface area contributed by atoms with E-state index in [1.54, 1.807) is 25.3 Å². The molecule has 0 bridgehead atoms. The Labute approximate surface area is 140 Å². The number of methoxy groups -OCH3 is 1. The second-order valence-electron chi connectivity index (χ2n) is 4.78. The Kier molecular flexibility index (Phi) is 6.72. The van der Waals surface area contributed by atoms with E-state index in [1.165, 1.54) is 0 Å². The maximum atomic E-state index is 11.9. The van der Waals surface area contributed by atoms with Gasteiger partial charge in [0.05, 0.1) is 11.6 Å². The number of rotatable bonds is 7. The van der Waals surface area contributed by atoms with Crippen molar-refractivity contribution in [1.29, 1.82) is 0 Å². The predicted molar refractivity (Wildman–Crippen MR) is 91.1 cm³/mol. The molecule has 2 aromatic carbocycles. The Balaban J connectivity index is 1.84. The van der Waals surface area contributed by atoms with Gasteiger partial charge in [0.25, 0.3) is 0 Å². The van der Waals surface area contributed by atoms with Crippen LogP contribution in [0.3, 0.4) is 0 Å². The fraction of sp³-hybridized carbons (Fsp3) is 0.235. The van der Waals surface area contributed by atoms with E-state index in [9.17, 15) is 4.79 Å². The van der Waals surface area contributed by atoms with E-state index in [-0.39, 0.29) is 6.03 Å². The number of nitrogens with one attached hydrogen (secondary N) is 2. The van der Waals surface area contributed by atoms with Crippen molar-refractivity contribution in [2.45, 2.75) is 6.54 Å². The van der Waals surface area contributed by atoms with Gasteiger partial charge in [0.2, 0.25) is 0 Å². The lowest BCUT2D eigenvalue weighted by atomic mass is 10.2. The first kappa shape index (κ1) is 17.1. The highest BCUT2D eigenvalue weighted by Gasteiger charge is 2.06. The largest absolute Gasteiger partial charge is 0.490 e. The molecule has 2 amide bonds. The number of carbonyl (C=O) groups is 1. The van der Waals surface area contributed by atoms with Crippen LogP contribution in [0.5, 0.6) is 5.75 Å². The van der Waals surface area contributed by atoms with Gasteiger partial charge in [0, 0.05) is 19.3 Å². The molecule has 2 rings (SSSR count). The predicted octanol–water partition coefficient (Wildman–Crippen LogP) is 3.69. The summed E-state index contributed by atoms with van der Waals surface area (Å²) in [4.78, 5) is 11.9. The Bertz CT molecular complexity index is 635. The number of carbonyl (C=O) groups excluding carboxylic acids is 1. The molecule has 0 fully saturated rings. The highest BCUT2D eigenvalue weighted by molar-refractivity contribution is 6.32. The summed E-state index contributed by atoms with van der Waals surface area (Å²) in [5.74, 6) is 0.555. The standard InChI is InChI=1S/C17H19ClN2O3/c1-22-9-10-23-16-8-7-14(11-15(16)18)20-17(21)19-12-13-5-3-2-4-6-13/h2-8,11H,9-10,12H2,1H3,(H2,19,20,21). The zero-order valence-electron chi connectivity index (χ0n) is 12.8. The lowest BCUT2D eigenvalue weighted by Crippen LogP contribution is -2.28. The molecule has 6 heteroatoms. The molecule has 122 valence electrons. The van der Waals surface area contributed by atoms with E-state index in [1.807, 2.05) is 30.3 Å². The molecule has 5 nitrogen and oxygen atoms in total. The fourth-order valence-electron chi connectivity index (χ4n) is 1.88. The first-order valence-electron chi connectivity index (χ1n) is 7.19. The number of benzene rings is 2. The van der Waals surface area contributed by atoms with Gasteiger partial charge in [0.15, 0.2) is 0 Å². The molecule has 2 aromatic rings. The quantitative estimate of drug-likeness (QED) is 0.759. The topological polar surface area (TPSA) is 59.6 Å². The molecule has 0 spiro atoms. The third kappa shape index (κ3) is 5.81. The van der Waals surface area contributed by atoms with Gasteiger partial charge in [-0.3, -0.25) is 0 Å². The van der Waals surface area contributed by atoms with Crippen LogP contribution in [0.2, 0.25) is 5.02 Å². The third-order valence-corrected chi connectivity index (χ3v) is 3.33. The number of amides is 2. The van der Waals surface area contributed by atoms with Crippen LogP contribution in [-0.4, -0.2) is 26.4 Å². The normalized spacial score (nSPS) is 10.2. The van der Waals surface area contributed by atoms with Crippen LogP contribution in [-0.2, 0) is 11.3 Å². The van der Waals surface area contributed by atoms with Crippen LogP contribution >= 0.6 is 11.6 Å². The number of urea groups is 1. The Morgan fingerprint density at radius 3 is 2.61 bits per heavy atom. The zero-order chi connectivity index (χ0) is 16.5. The molecule has 0 aliphatic heterocycles. The minimum atomic E-state index is -0.294. The van der Waals surface area contributed by atoms with E-state index in [4.69, 9.17) is 21.1 Å². The van der Waals surface area contributed by atoms with E-state index in [0.29, 0.717) is 36.2 Å². The van der Waals surface area contributed by atoms with Crippen molar-refractivity contribution in [2.75, 3.05) is 25.6 Å². The number of anilines is 1. The van der Waals surface area contributed by atoms with Gasteiger partial charge in [-0.25, -0.2) is 4.79 Å². The van der Waals surface area contributed by atoms with Crippen LogP contribution < -0.4 is 15.4 Å². The minimum Gasteiger partial charge on any atom is -0.490 e. The summed E-state index contributed by atoms with van der Waals surface area (Å²) in [6, 6.07) is 14.5. The second-order valence-corrected chi connectivity index (χ2v) is 5.19. The molecule has 0 aliphatic carbocycles. The molecule has 0 saturated carbocycles. The van der Waals surface area contributed by atoms with Crippen LogP contribution in [0.15, 0.2) is 48.5 Å². The van der Waals surface area contributed by atoms with Gasteiger partial charge in [0.1, 0.15) is 12.4 Å². The molecule has 0 radical (unpaired) electrons. The molecule has 0 atom stereocenters. The number of ether oxygens (including phenoxy) is 2. The Morgan fingerprint density at radius 1 is 1.13 bits per heavy atom. The first-order valence-corrected chi connectivity index (χ1v) is 7.57. The molecule has 0 unspecified atom stereocenters. The average Bonchev–Trinajstić information content (AvgIpc) is 2.56. The molecule has 2 N–H and O–H groups in total. The molecular weight excluding hydrogens is 316 g/mol. The van der Waals surface area contributed by atoms with Gasteiger partial charge < -0.3 is 20.1 Å². The maximum Gasteiger partial charge on any atom is 0.319 e. The first-order chi connectivity index (χ1) is 11.2. The molecular formula is C17H19ClN2O3. The summed E-state index contributed by atoms with van der Waals surface area (Å²) in [5.41, 5.74) is 1.63. The third-order valence-electron chi connectivity index (χ3n) is 3.03. The minimum absolute atomic E-state index is 0.294. The lowest BCUT2D eigenvalue weighted by Gasteiger charge is -2.11. The number of hydrogen-bond acceptors (Lipinski definition) is 3. The van der Waals surface area contributed by atoms with E-state index in [0.717, 1.165) is 5.56 Å². The summed E-state index contributed by atoms with van der Waals surface area (Å²) in [7, 11) is 1.60. The van der Waals surface area contributed by atoms with Crippen molar-refractivity contribution < 1.29 is 14.3 Å². The average molecular weight is 335 g/mol. The van der Waals surface area contributed by atoms with Gasteiger partial charge in [-0.2, -0.15) is 0 Å². The van der Waals surface area contributed by atoms with E-state index < -0.39 is 0 Å². The summed E-state index contributed by atoms with van der Waals surface area (Å²) in [6.45, 7) is 1.36. The summed E-state index contributed by atoms with van der Waals surface area (Å²) >= 11 is 6.13. The Hall–Kier alpha value is -2.24. The van der Waals surface area contributed by atoms with Crippen molar-refractivity contribution >= 4 is 23.3 Å². The molecule has 0 aliphatic rings. The smallest absolute Gasteiger partial charge is 0.319 e. The maximum absolute atomic E-state index is 11.9. The van der Waals surface area contributed by atoms with Crippen molar-refractivity contribution in [3.63, 3.8) is 0 Å². The molecule has 0 heterocycles. The van der Waals surface area contributed by atoms with Gasteiger partial charge in [-0.05, 0) is 23.8 Å². The molecule has 0 saturated heterocycles. The highest BCUT2D eigenvalue weighted by Crippen LogP contribution is 2.27. The van der Waals surface area contributed by atoms with E-state index >= 15 is 0 Å². The van der Waals surface area contributed by atoms with Crippen molar-refractivity contribution in [1.82, 2.24) is 5.32 Å². The summed E-state index contributed by atoms with van der Waals surface area (Å²) < 4.78 is 10.4.